The molecule has 0 fully saturated rings. The second-order valence-corrected chi connectivity index (χ2v) is 7.21. The average molecular weight is 379 g/mol. The topological polar surface area (TPSA) is 17.1 Å². The number of carbonyl (C=O) groups excluding carboxylic acids is 1. The molecule has 0 spiro atoms. The van der Waals surface area contributed by atoms with E-state index in [0.717, 1.165) is 9.17 Å². The molecule has 0 atom stereocenters. The van der Waals surface area contributed by atoms with Crippen LogP contribution in [-0.2, 0) is 0 Å². The zero-order valence-electron chi connectivity index (χ0n) is 8.69. The van der Waals surface area contributed by atoms with Crippen molar-refractivity contribution in [1.29, 1.82) is 0 Å². The predicted octanol–water partition coefficient (Wildman–Crippen LogP) is 3.16. The fourth-order valence-corrected chi connectivity index (χ4v) is 3.62. The Hall–Kier alpha value is -0.520. The summed E-state index contributed by atoms with van der Waals surface area (Å²) < 4.78 is 1.29. The monoisotopic (exact) mass is 380 g/mol. The summed E-state index contributed by atoms with van der Waals surface area (Å²) in [4.78, 5) is 12.0. The van der Waals surface area contributed by atoms with Crippen LogP contribution in [0.3, 0.4) is 0 Å². The van der Waals surface area contributed by atoms with Gasteiger partial charge in [-0.3, -0.25) is 0 Å². The summed E-state index contributed by atoms with van der Waals surface area (Å²) >= 11 is 10.7. The minimum absolute atomic E-state index is 0.203. The molecule has 0 aromatic heterocycles. The van der Waals surface area contributed by atoms with Crippen LogP contribution in [0.5, 0.6) is 0 Å². The van der Waals surface area contributed by atoms with Gasteiger partial charge in [-0.25, -0.2) is 0 Å². The van der Waals surface area contributed by atoms with Crippen LogP contribution in [0.2, 0.25) is 10.0 Å². The molecular weight excluding hydrogens is 371 g/mol. The van der Waals surface area contributed by atoms with Gasteiger partial charge in [-0.2, -0.15) is 0 Å². The summed E-state index contributed by atoms with van der Waals surface area (Å²) in [6, 6.07) is 14.5. The number of carbonyl (C=O) groups is 1. The summed E-state index contributed by atoms with van der Waals surface area (Å²) in [6.45, 7) is 0. The third-order valence-corrected chi connectivity index (χ3v) is 5.26. The third kappa shape index (κ3) is 3.72. The molecular formula is C13H8Cl2OTe. The third-order valence-electron chi connectivity index (χ3n) is 2.10. The van der Waals surface area contributed by atoms with Gasteiger partial charge in [-0.15, -0.1) is 0 Å². The molecule has 0 bridgehead atoms. The first-order valence-corrected chi connectivity index (χ1v) is 7.97. The van der Waals surface area contributed by atoms with E-state index >= 15 is 0 Å². The van der Waals surface area contributed by atoms with Crippen LogP contribution in [0.4, 0.5) is 0 Å². The second-order valence-electron chi connectivity index (χ2n) is 3.35. The van der Waals surface area contributed by atoms with Crippen molar-refractivity contribution in [1.82, 2.24) is 0 Å². The van der Waals surface area contributed by atoms with Crippen LogP contribution in [0, 0.1) is 0 Å². The van der Waals surface area contributed by atoms with Crippen molar-refractivity contribution in [3.8, 4) is 0 Å². The van der Waals surface area contributed by atoms with Crippen LogP contribution < -0.4 is 3.61 Å². The fourth-order valence-electron chi connectivity index (χ4n) is 1.25. The molecule has 86 valence electrons. The van der Waals surface area contributed by atoms with Gasteiger partial charge in [0.2, 0.25) is 0 Å². The molecule has 2 aromatic carbocycles. The quantitative estimate of drug-likeness (QED) is 0.750. The van der Waals surface area contributed by atoms with Crippen molar-refractivity contribution < 1.29 is 4.79 Å². The van der Waals surface area contributed by atoms with E-state index in [0.29, 0.717) is 10.0 Å². The van der Waals surface area contributed by atoms with Crippen molar-refractivity contribution in [2.24, 2.45) is 0 Å². The van der Waals surface area contributed by atoms with E-state index in [1.807, 2.05) is 24.3 Å². The van der Waals surface area contributed by atoms with Gasteiger partial charge in [0.05, 0.1) is 0 Å². The van der Waals surface area contributed by atoms with E-state index in [-0.39, 0.29) is 3.83 Å². The Morgan fingerprint density at radius 1 is 0.824 bits per heavy atom. The summed E-state index contributed by atoms with van der Waals surface area (Å²) in [7, 11) is 0. The molecule has 17 heavy (non-hydrogen) atoms. The number of rotatable bonds is 3. The van der Waals surface area contributed by atoms with Crippen LogP contribution >= 0.6 is 23.2 Å². The average Bonchev–Trinajstić information content (AvgIpc) is 2.33. The number of hydrogen-bond donors (Lipinski definition) is 0. The Morgan fingerprint density at radius 2 is 1.29 bits per heavy atom. The van der Waals surface area contributed by atoms with Crippen LogP contribution in [0.15, 0.2) is 48.5 Å². The molecule has 0 unspecified atom stereocenters. The summed E-state index contributed by atoms with van der Waals surface area (Å²) in [5.41, 5.74) is 0.728. The fraction of sp³-hybridized carbons (Fsp3) is 0. The molecule has 0 aliphatic heterocycles. The predicted molar refractivity (Wildman–Crippen MR) is 72.6 cm³/mol. The summed E-state index contributed by atoms with van der Waals surface area (Å²) in [5.74, 6) is 0. The van der Waals surface area contributed by atoms with Gasteiger partial charge in [0.25, 0.3) is 0 Å². The molecule has 0 heterocycles. The molecule has 2 aromatic rings. The molecule has 4 heteroatoms. The van der Waals surface area contributed by atoms with Gasteiger partial charge in [-0.1, -0.05) is 0 Å². The van der Waals surface area contributed by atoms with Crippen molar-refractivity contribution in [2.75, 3.05) is 0 Å². The normalized spacial score (nSPS) is 10.2. The molecule has 0 aliphatic rings. The Kier molecular flexibility index (Phi) is 4.48. The SMILES string of the molecule is O=C([Te]c1ccc(Cl)cc1)c1ccc(Cl)cc1. The molecule has 0 saturated heterocycles. The van der Waals surface area contributed by atoms with E-state index in [1.165, 1.54) is 0 Å². The first-order valence-electron chi connectivity index (χ1n) is 4.88. The van der Waals surface area contributed by atoms with E-state index in [4.69, 9.17) is 23.2 Å². The zero-order valence-corrected chi connectivity index (χ0v) is 12.5. The van der Waals surface area contributed by atoms with E-state index in [9.17, 15) is 4.79 Å². The summed E-state index contributed by atoms with van der Waals surface area (Å²) in [6.07, 6.45) is 0. The molecule has 0 saturated carbocycles. The number of benzene rings is 2. The van der Waals surface area contributed by atoms with Gasteiger partial charge >= 0.3 is 121 Å². The van der Waals surface area contributed by atoms with Crippen molar-refractivity contribution in [2.45, 2.75) is 0 Å². The van der Waals surface area contributed by atoms with Crippen LogP contribution in [0.25, 0.3) is 0 Å². The van der Waals surface area contributed by atoms with Crippen molar-refractivity contribution in [3.05, 3.63) is 64.1 Å². The molecule has 0 amide bonds. The number of hydrogen-bond acceptors (Lipinski definition) is 1. The Labute approximate surface area is 120 Å². The zero-order chi connectivity index (χ0) is 12.3. The first-order chi connectivity index (χ1) is 8.15. The summed E-state index contributed by atoms with van der Waals surface area (Å²) in [5, 5.41) is 1.34. The first kappa shape index (κ1) is 12.9. The van der Waals surface area contributed by atoms with Crippen molar-refractivity contribution in [3.63, 3.8) is 0 Å². The Morgan fingerprint density at radius 3 is 1.82 bits per heavy atom. The standard InChI is InChI=1S/C13H8Cl2OTe/c14-10-3-1-9(2-4-10)13(16)17-12-7-5-11(15)6-8-12/h1-8H. The van der Waals surface area contributed by atoms with Crippen molar-refractivity contribution >= 4 is 51.6 Å². The second kappa shape index (κ2) is 5.89. The van der Waals surface area contributed by atoms with Crippen LogP contribution in [-0.4, -0.2) is 24.8 Å². The molecule has 1 nitrogen and oxygen atoms in total. The van der Waals surface area contributed by atoms with Gasteiger partial charge in [0.15, 0.2) is 0 Å². The van der Waals surface area contributed by atoms with Crippen LogP contribution in [0.1, 0.15) is 10.4 Å². The maximum absolute atomic E-state index is 12.0. The number of halogens is 2. The molecule has 0 radical (unpaired) electrons. The minimum atomic E-state index is -0.869. The molecule has 0 N–H and O–H groups in total. The van der Waals surface area contributed by atoms with Gasteiger partial charge in [-0.05, 0) is 0 Å². The molecule has 2 rings (SSSR count). The molecule has 0 aliphatic carbocycles. The maximum atomic E-state index is 12.0. The Bertz CT molecular complexity index is 520. The van der Waals surface area contributed by atoms with Gasteiger partial charge < -0.3 is 0 Å². The van der Waals surface area contributed by atoms with Gasteiger partial charge in [0.1, 0.15) is 0 Å². The van der Waals surface area contributed by atoms with Gasteiger partial charge in [0, 0.05) is 0 Å². The Balaban J connectivity index is 2.11. The van der Waals surface area contributed by atoms with E-state index in [1.54, 1.807) is 24.3 Å². The van der Waals surface area contributed by atoms with E-state index in [2.05, 4.69) is 0 Å². The van der Waals surface area contributed by atoms with E-state index < -0.39 is 20.9 Å².